The third-order valence-electron chi connectivity index (χ3n) is 8.17. The second-order valence-corrected chi connectivity index (χ2v) is 15.1. The van der Waals surface area contributed by atoms with Crippen LogP contribution in [0.4, 0.5) is 5.82 Å². The Bertz CT molecular complexity index is 1870. The van der Waals surface area contributed by atoms with Crippen molar-refractivity contribution in [3.05, 3.63) is 68.5 Å². The molecule has 6 heterocycles. The minimum atomic E-state index is -3.21. The van der Waals surface area contributed by atoms with E-state index in [1.165, 1.54) is 9.30 Å². The molecular formula is C29H29N5O6S3. The summed E-state index contributed by atoms with van der Waals surface area (Å²) in [6, 6.07) is 9.23. The highest BCUT2D eigenvalue weighted by molar-refractivity contribution is 8.26. The van der Waals surface area contributed by atoms with Gasteiger partial charge in [-0.3, -0.25) is 23.8 Å². The normalized spacial score (nSPS) is 22.8. The van der Waals surface area contributed by atoms with Crippen LogP contribution in [0.3, 0.4) is 0 Å². The number of aromatic nitrogens is 2. The van der Waals surface area contributed by atoms with Gasteiger partial charge in [-0.2, -0.15) is 0 Å². The Morgan fingerprint density at radius 3 is 2.65 bits per heavy atom. The van der Waals surface area contributed by atoms with Crippen molar-refractivity contribution < 1.29 is 22.7 Å². The number of ether oxygens (including phenoxy) is 2. The summed E-state index contributed by atoms with van der Waals surface area (Å²) in [6.45, 7) is 5.68. The van der Waals surface area contributed by atoms with E-state index in [0.29, 0.717) is 45.8 Å². The largest absolute Gasteiger partial charge is 0.454 e. The molecule has 0 N–H and O–H groups in total. The van der Waals surface area contributed by atoms with Crippen molar-refractivity contribution in [3.8, 4) is 11.5 Å². The van der Waals surface area contributed by atoms with Gasteiger partial charge in [-0.25, -0.2) is 13.4 Å². The smallest absolute Gasteiger partial charge is 0.267 e. The van der Waals surface area contributed by atoms with E-state index in [-0.39, 0.29) is 29.8 Å². The number of fused-ring (bicyclic) bond motifs is 2. The molecule has 4 aliphatic heterocycles. The number of carbonyl (C=O) groups is 1. The molecule has 1 unspecified atom stereocenters. The fraction of sp³-hybridized carbons (Fsp3) is 0.379. The molecule has 3 aromatic rings. The average molecular weight is 640 g/mol. The van der Waals surface area contributed by atoms with Crippen LogP contribution in [0.2, 0.25) is 0 Å². The van der Waals surface area contributed by atoms with E-state index in [0.717, 1.165) is 54.0 Å². The van der Waals surface area contributed by atoms with Crippen LogP contribution in [0.1, 0.15) is 23.1 Å². The first kappa shape index (κ1) is 28.3. The molecule has 0 bridgehead atoms. The number of hydrogen-bond donors (Lipinski definition) is 0. The fourth-order valence-electron chi connectivity index (χ4n) is 5.93. The molecule has 0 aliphatic carbocycles. The zero-order chi connectivity index (χ0) is 29.9. The second kappa shape index (κ2) is 10.9. The molecular weight excluding hydrogens is 611 g/mol. The molecule has 1 aromatic carbocycles. The molecule has 0 saturated carbocycles. The average Bonchev–Trinajstić information content (AvgIpc) is 3.67. The van der Waals surface area contributed by atoms with Crippen molar-refractivity contribution in [2.24, 2.45) is 0 Å². The molecule has 0 spiro atoms. The molecule has 3 fully saturated rings. The number of sulfone groups is 1. The first-order valence-electron chi connectivity index (χ1n) is 14.0. The van der Waals surface area contributed by atoms with Gasteiger partial charge in [0.1, 0.15) is 15.8 Å². The van der Waals surface area contributed by atoms with Crippen LogP contribution in [0.15, 0.2) is 46.2 Å². The summed E-state index contributed by atoms with van der Waals surface area (Å²) in [5, 5.41) is 0. The zero-order valence-electron chi connectivity index (χ0n) is 23.4. The van der Waals surface area contributed by atoms with Crippen molar-refractivity contribution in [1.29, 1.82) is 0 Å². The molecule has 224 valence electrons. The third kappa shape index (κ3) is 5.41. The number of pyridine rings is 1. The predicted molar refractivity (Wildman–Crippen MR) is 168 cm³/mol. The summed E-state index contributed by atoms with van der Waals surface area (Å²) >= 11 is 6.60. The van der Waals surface area contributed by atoms with E-state index >= 15 is 0 Å². The minimum Gasteiger partial charge on any atom is -0.454 e. The van der Waals surface area contributed by atoms with E-state index in [4.69, 9.17) is 26.7 Å². The van der Waals surface area contributed by atoms with Crippen LogP contribution in [0.25, 0.3) is 11.7 Å². The SMILES string of the molecule is Cc1ccc2nc(N3CCN(Cc4ccc5c(c4)OCO5)CC3)c(/C=C3/SC(=S)N(C4CCS(=O)(=O)C4)C3=O)c(=O)n2c1. The monoisotopic (exact) mass is 639 g/mol. The molecule has 2 aromatic heterocycles. The maximum absolute atomic E-state index is 13.9. The van der Waals surface area contributed by atoms with E-state index in [1.54, 1.807) is 12.3 Å². The predicted octanol–water partition coefficient (Wildman–Crippen LogP) is 2.44. The van der Waals surface area contributed by atoms with Gasteiger partial charge >= 0.3 is 0 Å². The van der Waals surface area contributed by atoms with E-state index in [9.17, 15) is 18.0 Å². The number of hydrogen-bond acceptors (Lipinski definition) is 11. The minimum absolute atomic E-state index is 0.0356. The maximum Gasteiger partial charge on any atom is 0.267 e. The Morgan fingerprint density at radius 2 is 1.88 bits per heavy atom. The first-order chi connectivity index (χ1) is 20.6. The Kier molecular flexibility index (Phi) is 7.19. The van der Waals surface area contributed by atoms with E-state index < -0.39 is 15.9 Å². The van der Waals surface area contributed by atoms with Crippen LogP contribution >= 0.6 is 24.0 Å². The molecule has 1 atom stereocenters. The van der Waals surface area contributed by atoms with Crippen LogP contribution < -0.4 is 19.9 Å². The van der Waals surface area contributed by atoms with Gasteiger partial charge in [-0.15, -0.1) is 0 Å². The highest BCUT2D eigenvalue weighted by atomic mass is 32.2. The summed E-state index contributed by atoms with van der Waals surface area (Å²) in [6.07, 6.45) is 3.67. The van der Waals surface area contributed by atoms with Crippen LogP contribution in [-0.4, -0.2) is 88.3 Å². The number of thioether (sulfide) groups is 1. The van der Waals surface area contributed by atoms with E-state index in [2.05, 4.69) is 9.80 Å². The lowest BCUT2D eigenvalue weighted by Gasteiger charge is -2.36. The molecule has 0 radical (unpaired) electrons. The number of nitrogens with zero attached hydrogens (tertiary/aromatic N) is 5. The van der Waals surface area contributed by atoms with Crippen molar-refractivity contribution >= 4 is 61.6 Å². The number of rotatable bonds is 5. The van der Waals surface area contributed by atoms with Gasteiger partial charge in [0.15, 0.2) is 21.3 Å². The summed E-state index contributed by atoms with van der Waals surface area (Å²) in [5.41, 5.74) is 2.59. The maximum atomic E-state index is 13.9. The molecule has 3 saturated heterocycles. The lowest BCUT2D eigenvalue weighted by Crippen LogP contribution is -2.47. The Hall–Kier alpha value is -3.46. The molecule has 14 heteroatoms. The summed E-state index contributed by atoms with van der Waals surface area (Å²) in [7, 11) is -3.21. The number of aryl methyl sites for hydroxylation is 1. The lowest BCUT2D eigenvalue weighted by atomic mass is 10.1. The summed E-state index contributed by atoms with van der Waals surface area (Å²) in [5.74, 6) is 1.60. The molecule has 11 nitrogen and oxygen atoms in total. The zero-order valence-corrected chi connectivity index (χ0v) is 25.8. The molecule has 43 heavy (non-hydrogen) atoms. The third-order valence-corrected chi connectivity index (χ3v) is 11.3. The summed E-state index contributed by atoms with van der Waals surface area (Å²) < 4.78 is 37.0. The van der Waals surface area contributed by atoms with Crippen LogP contribution in [0.5, 0.6) is 11.5 Å². The number of piperazine rings is 1. The van der Waals surface area contributed by atoms with Crippen molar-refractivity contribution in [2.45, 2.75) is 25.9 Å². The van der Waals surface area contributed by atoms with Gasteiger partial charge in [0.2, 0.25) is 6.79 Å². The van der Waals surface area contributed by atoms with Crippen molar-refractivity contribution in [2.75, 3.05) is 49.4 Å². The second-order valence-electron chi connectivity index (χ2n) is 11.1. The lowest BCUT2D eigenvalue weighted by molar-refractivity contribution is -0.123. The molecule has 4 aliphatic rings. The highest BCUT2D eigenvalue weighted by Gasteiger charge is 2.42. The Labute approximate surface area is 258 Å². The first-order valence-corrected chi connectivity index (χ1v) is 17.1. The molecule has 1 amide bonds. The van der Waals surface area contributed by atoms with Crippen molar-refractivity contribution in [3.63, 3.8) is 0 Å². The number of benzene rings is 1. The van der Waals surface area contributed by atoms with Gasteiger partial charge in [0, 0.05) is 38.9 Å². The van der Waals surface area contributed by atoms with Crippen LogP contribution in [-0.2, 0) is 21.2 Å². The van der Waals surface area contributed by atoms with Crippen LogP contribution in [0, 0.1) is 6.92 Å². The Morgan fingerprint density at radius 1 is 1.09 bits per heavy atom. The van der Waals surface area contributed by atoms with Gasteiger partial charge in [0.05, 0.1) is 28.0 Å². The van der Waals surface area contributed by atoms with E-state index in [1.807, 2.05) is 37.3 Å². The number of amides is 1. The topological polar surface area (TPSA) is 114 Å². The van der Waals surface area contributed by atoms with Gasteiger partial charge in [-0.1, -0.05) is 36.1 Å². The Balaban J connectivity index is 1.17. The standard InChI is InChI=1S/C29H29N5O6S3/c1-18-2-5-25-30-26(32-9-7-31(8-10-32)15-19-3-4-22-23(12-19)40-17-39-22)21(27(35)33(25)14-18)13-24-28(36)34(29(41)42-24)20-6-11-43(37,38)16-20/h2-5,12-14,20H,6-11,15-17H2,1H3/b24-13+. The fourth-order valence-corrected chi connectivity index (χ4v) is 9.02. The number of thiocarbonyl (C=S) groups is 1. The van der Waals surface area contributed by atoms with Crippen molar-refractivity contribution in [1.82, 2.24) is 19.2 Å². The van der Waals surface area contributed by atoms with Gasteiger partial charge in [-0.05, 0) is 48.7 Å². The number of anilines is 1. The highest BCUT2D eigenvalue weighted by Crippen LogP contribution is 2.37. The quantitative estimate of drug-likeness (QED) is 0.303. The number of carbonyl (C=O) groups excluding carboxylic acids is 1. The molecule has 7 rings (SSSR count). The van der Waals surface area contributed by atoms with Gasteiger partial charge in [0.25, 0.3) is 11.5 Å². The van der Waals surface area contributed by atoms with Gasteiger partial charge < -0.3 is 14.4 Å². The summed E-state index contributed by atoms with van der Waals surface area (Å²) in [4.78, 5) is 38.5.